The van der Waals surface area contributed by atoms with Crippen molar-refractivity contribution in [3.63, 3.8) is 0 Å². The van der Waals surface area contributed by atoms with Gasteiger partial charge in [0.25, 0.3) is 0 Å². The second-order valence-electron chi connectivity index (χ2n) is 6.39. The molecule has 0 unspecified atom stereocenters. The second-order valence-corrected chi connectivity index (χ2v) is 6.39. The van der Waals surface area contributed by atoms with Crippen LogP contribution in [0.15, 0.2) is 73.1 Å². The van der Waals surface area contributed by atoms with E-state index in [1.54, 1.807) is 24.5 Å². The van der Waals surface area contributed by atoms with Crippen molar-refractivity contribution >= 4 is 45.0 Å². The number of anilines is 2. The molecule has 4 rings (SSSR count). The van der Waals surface area contributed by atoms with Crippen molar-refractivity contribution in [3.05, 3.63) is 73.1 Å². The van der Waals surface area contributed by atoms with Crippen LogP contribution in [-0.2, 0) is 9.59 Å². The molecule has 1 N–H and O–H groups in total. The topological polar surface area (TPSA) is 75.2 Å². The highest BCUT2D eigenvalue weighted by molar-refractivity contribution is 6.08. The number of rotatable bonds is 4. The van der Waals surface area contributed by atoms with E-state index in [1.165, 1.54) is 11.8 Å². The predicted octanol–water partition coefficient (Wildman–Crippen LogP) is 3.77. The number of benzene rings is 2. The number of amides is 2. The molecule has 6 heteroatoms. The van der Waals surface area contributed by atoms with E-state index in [4.69, 9.17) is 0 Å². The Morgan fingerprint density at radius 1 is 0.857 bits per heavy atom. The number of nitrogens with one attached hydrogen (secondary N) is 1. The van der Waals surface area contributed by atoms with Gasteiger partial charge in [-0.05, 0) is 24.3 Å². The van der Waals surface area contributed by atoms with Gasteiger partial charge >= 0.3 is 0 Å². The summed E-state index contributed by atoms with van der Waals surface area (Å²) >= 11 is 0. The Morgan fingerprint density at radius 2 is 1.46 bits per heavy atom. The number of fused-ring (bicyclic) bond motifs is 2. The molecule has 138 valence electrons. The molecular formula is C22H18N4O2. The van der Waals surface area contributed by atoms with Gasteiger partial charge in [-0.15, -0.1) is 0 Å². The molecule has 0 saturated heterocycles. The van der Waals surface area contributed by atoms with Gasteiger partial charge in [-0.1, -0.05) is 36.4 Å². The third kappa shape index (κ3) is 3.40. The van der Waals surface area contributed by atoms with Crippen LogP contribution in [0.1, 0.15) is 6.92 Å². The first-order chi connectivity index (χ1) is 13.6. The molecule has 0 atom stereocenters. The molecule has 2 aromatic carbocycles. The molecule has 0 aliphatic carbocycles. The predicted molar refractivity (Wildman–Crippen MR) is 110 cm³/mol. The first-order valence-electron chi connectivity index (χ1n) is 8.89. The van der Waals surface area contributed by atoms with E-state index >= 15 is 0 Å². The van der Waals surface area contributed by atoms with Gasteiger partial charge in [0.15, 0.2) is 0 Å². The molecule has 0 spiro atoms. The molecule has 2 amide bonds. The highest BCUT2D eigenvalue weighted by Gasteiger charge is 2.19. The Kier molecular flexibility index (Phi) is 4.68. The number of para-hydroxylation sites is 2. The molecule has 2 aromatic heterocycles. The molecule has 0 aliphatic heterocycles. The Balaban J connectivity index is 1.63. The van der Waals surface area contributed by atoms with Crippen molar-refractivity contribution in [3.8, 4) is 0 Å². The second kappa shape index (κ2) is 7.44. The van der Waals surface area contributed by atoms with E-state index in [2.05, 4.69) is 15.3 Å². The zero-order chi connectivity index (χ0) is 19.5. The van der Waals surface area contributed by atoms with Crippen molar-refractivity contribution in [2.45, 2.75) is 6.92 Å². The van der Waals surface area contributed by atoms with Gasteiger partial charge in [0.2, 0.25) is 11.8 Å². The lowest BCUT2D eigenvalue weighted by atomic mass is 10.1. The highest BCUT2D eigenvalue weighted by atomic mass is 16.2. The molecule has 0 bridgehead atoms. The number of aromatic nitrogens is 2. The standard InChI is InChI=1S/C22H18N4O2/c1-15(27)26(19-11-3-7-17-9-5-13-24-22(17)19)14-20(28)25-18-10-2-6-16-8-4-12-23-21(16)18/h2-13H,14H2,1H3,(H,25,28). The van der Waals surface area contributed by atoms with E-state index in [9.17, 15) is 9.59 Å². The van der Waals surface area contributed by atoms with Crippen LogP contribution in [0.4, 0.5) is 11.4 Å². The van der Waals surface area contributed by atoms with Crippen LogP contribution >= 0.6 is 0 Å². The molecule has 2 heterocycles. The van der Waals surface area contributed by atoms with Crippen LogP contribution in [0.25, 0.3) is 21.8 Å². The molecule has 0 radical (unpaired) electrons. The van der Waals surface area contributed by atoms with E-state index in [0.717, 1.165) is 10.8 Å². The molecular weight excluding hydrogens is 352 g/mol. The number of hydrogen-bond acceptors (Lipinski definition) is 4. The van der Waals surface area contributed by atoms with E-state index < -0.39 is 0 Å². The number of carbonyl (C=O) groups excluding carboxylic acids is 2. The fourth-order valence-electron chi connectivity index (χ4n) is 3.21. The minimum Gasteiger partial charge on any atom is -0.323 e. The van der Waals surface area contributed by atoms with Gasteiger partial charge in [-0.25, -0.2) is 0 Å². The van der Waals surface area contributed by atoms with Gasteiger partial charge in [0, 0.05) is 30.1 Å². The summed E-state index contributed by atoms with van der Waals surface area (Å²) in [6.45, 7) is 1.32. The average molecular weight is 370 g/mol. The summed E-state index contributed by atoms with van der Waals surface area (Å²) in [5.74, 6) is -0.536. The molecule has 28 heavy (non-hydrogen) atoms. The summed E-state index contributed by atoms with van der Waals surface area (Å²) < 4.78 is 0. The minimum absolute atomic E-state index is 0.117. The van der Waals surface area contributed by atoms with Crippen molar-refractivity contribution in [2.75, 3.05) is 16.8 Å². The van der Waals surface area contributed by atoms with Gasteiger partial charge in [0.05, 0.1) is 22.4 Å². The Labute approximate surface area is 161 Å². The summed E-state index contributed by atoms with van der Waals surface area (Å²) in [7, 11) is 0. The minimum atomic E-state index is -0.304. The molecule has 0 fully saturated rings. The molecule has 0 saturated carbocycles. The van der Waals surface area contributed by atoms with Gasteiger partial charge in [0.1, 0.15) is 6.54 Å². The largest absolute Gasteiger partial charge is 0.323 e. The van der Waals surface area contributed by atoms with Crippen LogP contribution in [0, 0.1) is 0 Å². The first kappa shape index (κ1) is 17.6. The summed E-state index contributed by atoms with van der Waals surface area (Å²) in [4.78, 5) is 35.2. The van der Waals surface area contributed by atoms with Gasteiger partial charge in [-0.2, -0.15) is 0 Å². The zero-order valence-electron chi connectivity index (χ0n) is 15.3. The lowest BCUT2D eigenvalue weighted by Crippen LogP contribution is -2.37. The lowest BCUT2D eigenvalue weighted by Gasteiger charge is -2.22. The summed E-state index contributed by atoms with van der Waals surface area (Å²) in [6.07, 6.45) is 3.35. The van der Waals surface area contributed by atoms with E-state index in [-0.39, 0.29) is 18.4 Å². The molecule has 4 aromatic rings. The van der Waals surface area contributed by atoms with Gasteiger partial charge < -0.3 is 10.2 Å². The third-order valence-corrected chi connectivity index (χ3v) is 4.49. The lowest BCUT2D eigenvalue weighted by molar-refractivity contribution is -0.120. The fourth-order valence-corrected chi connectivity index (χ4v) is 3.21. The zero-order valence-corrected chi connectivity index (χ0v) is 15.3. The summed E-state index contributed by atoms with van der Waals surface area (Å²) in [5.41, 5.74) is 2.61. The van der Waals surface area contributed by atoms with Crippen LogP contribution in [0.5, 0.6) is 0 Å². The van der Waals surface area contributed by atoms with Crippen molar-refractivity contribution in [1.82, 2.24) is 9.97 Å². The Morgan fingerprint density at radius 3 is 2.18 bits per heavy atom. The quantitative estimate of drug-likeness (QED) is 0.593. The van der Waals surface area contributed by atoms with Crippen LogP contribution in [0.2, 0.25) is 0 Å². The number of hydrogen-bond donors (Lipinski definition) is 1. The third-order valence-electron chi connectivity index (χ3n) is 4.49. The van der Waals surface area contributed by atoms with Crippen LogP contribution in [0.3, 0.4) is 0 Å². The van der Waals surface area contributed by atoms with Crippen molar-refractivity contribution in [1.29, 1.82) is 0 Å². The van der Waals surface area contributed by atoms with Crippen LogP contribution < -0.4 is 10.2 Å². The fraction of sp³-hybridized carbons (Fsp3) is 0.0909. The number of pyridine rings is 2. The smallest absolute Gasteiger partial charge is 0.244 e. The molecule has 0 aliphatic rings. The SMILES string of the molecule is CC(=O)N(CC(=O)Nc1cccc2cccnc12)c1cccc2cccnc12. The monoisotopic (exact) mass is 370 g/mol. The maximum Gasteiger partial charge on any atom is 0.244 e. The number of nitrogens with zero attached hydrogens (tertiary/aromatic N) is 3. The molecule has 6 nitrogen and oxygen atoms in total. The number of carbonyl (C=O) groups is 2. The summed E-state index contributed by atoms with van der Waals surface area (Å²) in [6, 6.07) is 18.7. The Bertz CT molecular complexity index is 1180. The first-order valence-corrected chi connectivity index (χ1v) is 8.89. The average Bonchev–Trinajstić information content (AvgIpc) is 2.72. The summed E-state index contributed by atoms with van der Waals surface area (Å²) in [5, 5.41) is 4.71. The maximum atomic E-state index is 12.7. The highest BCUT2D eigenvalue weighted by Crippen LogP contribution is 2.25. The Hall–Kier alpha value is -3.80. The van der Waals surface area contributed by atoms with Crippen molar-refractivity contribution < 1.29 is 9.59 Å². The van der Waals surface area contributed by atoms with Crippen molar-refractivity contribution in [2.24, 2.45) is 0 Å². The maximum absolute atomic E-state index is 12.7. The van der Waals surface area contributed by atoms with E-state index in [0.29, 0.717) is 22.4 Å². The van der Waals surface area contributed by atoms with Crippen LogP contribution in [-0.4, -0.2) is 28.3 Å². The normalized spacial score (nSPS) is 10.8. The van der Waals surface area contributed by atoms with E-state index in [1.807, 2.05) is 48.5 Å². The van der Waals surface area contributed by atoms with Gasteiger partial charge in [-0.3, -0.25) is 19.6 Å².